The number of carbonyl (C=O) groups is 1. The number of hydrogen-bond donors (Lipinski definition) is 0. The highest BCUT2D eigenvalue weighted by atomic mass is 19.1. The van der Waals surface area contributed by atoms with E-state index in [-0.39, 0.29) is 17.8 Å². The number of amides is 1. The van der Waals surface area contributed by atoms with Crippen LogP contribution in [0.2, 0.25) is 0 Å². The molecule has 1 aromatic heterocycles. The summed E-state index contributed by atoms with van der Waals surface area (Å²) < 4.78 is 14.9. The van der Waals surface area contributed by atoms with Crippen molar-refractivity contribution in [3.05, 3.63) is 59.7 Å². The topological polar surface area (TPSA) is 25.2 Å². The fraction of sp³-hybridized carbons (Fsp3) is 0.353. The van der Waals surface area contributed by atoms with Crippen molar-refractivity contribution in [2.24, 2.45) is 7.05 Å². The first-order chi connectivity index (χ1) is 10.2. The highest BCUT2D eigenvalue weighted by Crippen LogP contribution is 2.32. The van der Waals surface area contributed by atoms with Crippen molar-refractivity contribution in [3.8, 4) is 0 Å². The number of benzene rings is 1. The van der Waals surface area contributed by atoms with E-state index in [0.717, 1.165) is 31.4 Å². The number of nitrogens with zero attached hydrogens (tertiary/aromatic N) is 2. The molecule has 1 fully saturated rings. The summed E-state index contributed by atoms with van der Waals surface area (Å²) in [6.07, 6.45) is 4.93. The summed E-state index contributed by atoms with van der Waals surface area (Å²) in [6, 6.07) is 10.3. The third-order valence-electron chi connectivity index (χ3n) is 4.18. The number of halogens is 1. The van der Waals surface area contributed by atoms with E-state index in [0.29, 0.717) is 5.69 Å². The van der Waals surface area contributed by atoms with Gasteiger partial charge in [-0.2, -0.15) is 0 Å². The quantitative estimate of drug-likeness (QED) is 0.829. The van der Waals surface area contributed by atoms with Crippen molar-refractivity contribution in [1.29, 1.82) is 0 Å². The summed E-state index contributed by atoms with van der Waals surface area (Å²) in [5, 5.41) is 0. The average molecular weight is 286 g/mol. The second-order valence-corrected chi connectivity index (χ2v) is 5.57. The van der Waals surface area contributed by atoms with Crippen LogP contribution in [0.1, 0.15) is 41.4 Å². The molecule has 0 aliphatic carbocycles. The Morgan fingerprint density at radius 1 is 1.19 bits per heavy atom. The van der Waals surface area contributed by atoms with Crippen LogP contribution < -0.4 is 0 Å². The first-order valence-corrected chi connectivity index (χ1v) is 7.34. The maximum Gasteiger partial charge on any atom is 0.270 e. The molecule has 0 bridgehead atoms. The molecule has 110 valence electrons. The van der Waals surface area contributed by atoms with E-state index in [1.807, 2.05) is 34.8 Å². The van der Waals surface area contributed by atoms with Gasteiger partial charge in [0.15, 0.2) is 0 Å². The van der Waals surface area contributed by atoms with Gasteiger partial charge in [-0.3, -0.25) is 4.79 Å². The Labute approximate surface area is 124 Å². The molecule has 21 heavy (non-hydrogen) atoms. The molecular formula is C17H19FN2O. The van der Waals surface area contributed by atoms with Crippen molar-refractivity contribution in [2.75, 3.05) is 6.54 Å². The lowest BCUT2D eigenvalue weighted by atomic mass is 9.95. The van der Waals surface area contributed by atoms with Gasteiger partial charge in [-0.1, -0.05) is 12.1 Å². The van der Waals surface area contributed by atoms with Gasteiger partial charge in [0.2, 0.25) is 0 Å². The fourth-order valence-electron chi connectivity index (χ4n) is 3.04. The number of likely N-dealkylation sites (tertiary alicyclic amines) is 1. The van der Waals surface area contributed by atoms with Crippen LogP contribution in [-0.4, -0.2) is 21.9 Å². The predicted molar refractivity (Wildman–Crippen MR) is 79.4 cm³/mol. The van der Waals surface area contributed by atoms with Gasteiger partial charge in [0.05, 0.1) is 6.04 Å². The van der Waals surface area contributed by atoms with Crippen molar-refractivity contribution in [3.63, 3.8) is 0 Å². The van der Waals surface area contributed by atoms with E-state index < -0.39 is 0 Å². The molecule has 1 aliphatic heterocycles. The van der Waals surface area contributed by atoms with E-state index in [2.05, 4.69) is 0 Å². The van der Waals surface area contributed by atoms with Gasteiger partial charge in [-0.15, -0.1) is 0 Å². The lowest BCUT2D eigenvalue weighted by Gasteiger charge is -2.36. The highest BCUT2D eigenvalue weighted by Gasteiger charge is 2.29. The monoisotopic (exact) mass is 286 g/mol. The second kappa shape index (κ2) is 5.72. The lowest BCUT2D eigenvalue weighted by molar-refractivity contribution is 0.0601. The Hall–Kier alpha value is -2.10. The predicted octanol–water partition coefficient (Wildman–Crippen LogP) is 3.53. The zero-order valence-corrected chi connectivity index (χ0v) is 12.1. The maximum absolute atomic E-state index is 13.1. The van der Waals surface area contributed by atoms with Crippen LogP contribution in [0, 0.1) is 5.82 Å². The number of hydrogen-bond acceptors (Lipinski definition) is 1. The molecule has 1 amide bonds. The van der Waals surface area contributed by atoms with Crippen LogP contribution in [0.15, 0.2) is 42.6 Å². The van der Waals surface area contributed by atoms with Gasteiger partial charge in [-0.05, 0) is 49.1 Å². The molecule has 4 heteroatoms. The van der Waals surface area contributed by atoms with E-state index in [1.54, 1.807) is 12.1 Å². The summed E-state index contributed by atoms with van der Waals surface area (Å²) in [6.45, 7) is 0.756. The Kier molecular flexibility index (Phi) is 3.78. The highest BCUT2D eigenvalue weighted by molar-refractivity contribution is 5.93. The van der Waals surface area contributed by atoms with Crippen LogP contribution in [0.3, 0.4) is 0 Å². The minimum atomic E-state index is -0.241. The zero-order valence-electron chi connectivity index (χ0n) is 12.1. The molecule has 0 spiro atoms. The normalized spacial score (nSPS) is 18.8. The molecule has 1 atom stereocenters. The Bertz CT molecular complexity index is 632. The minimum Gasteiger partial charge on any atom is -0.347 e. The smallest absolute Gasteiger partial charge is 0.270 e. The number of piperidine rings is 1. The van der Waals surface area contributed by atoms with Gasteiger partial charge < -0.3 is 9.47 Å². The molecule has 2 aromatic rings. The fourth-order valence-corrected chi connectivity index (χ4v) is 3.04. The zero-order chi connectivity index (χ0) is 14.8. The molecule has 1 unspecified atom stereocenters. The standard InChI is InChI=1S/C17H19FN2O/c1-19-11-4-6-16(19)17(21)20-12-3-2-5-15(20)13-7-9-14(18)10-8-13/h4,6-11,15H,2-3,5,12H2,1H3. The van der Waals surface area contributed by atoms with Crippen LogP contribution >= 0.6 is 0 Å². The molecule has 3 rings (SSSR count). The molecule has 3 nitrogen and oxygen atoms in total. The first kappa shape index (κ1) is 13.9. The third-order valence-corrected chi connectivity index (χ3v) is 4.18. The molecule has 2 heterocycles. The summed E-state index contributed by atoms with van der Waals surface area (Å²) in [7, 11) is 1.88. The molecule has 1 saturated heterocycles. The maximum atomic E-state index is 13.1. The first-order valence-electron chi connectivity index (χ1n) is 7.34. The van der Waals surface area contributed by atoms with Gasteiger partial charge in [-0.25, -0.2) is 4.39 Å². The Morgan fingerprint density at radius 3 is 2.62 bits per heavy atom. The van der Waals surface area contributed by atoms with E-state index in [4.69, 9.17) is 0 Å². The van der Waals surface area contributed by atoms with E-state index in [9.17, 15) is 9.18 Å². The molecule has 1 aromatic carbocycles. The van der Waals surface area contributed by atoms with Crippen LogP contribution in [0.25, 0.3) is 0 Å². The summed E-state index contributed by atoms with van der Waals surface area (Å²) in [5.74, 6) is -0.189. The second-order valence-electron chi connectivity index (χ2n) is 5.57. The Balaban J connectivity index is 1.89. The van der Waals surface area contributed by atoms with Crippen molar-refractivity contribution < 1.29 is 9.18 Å². The Morgan fingerprint density at radius 2 is 1.95 bits per heavy atom. The summed E-state index contributed by atoms with van der Waals surface area (Å²) in [5.41, 5.74) is 1.71. The third kappa shape index (κ3) is 2.71. The van der Waals surface area contributed by atoms with Gasteiger partial charge in [0.1, 0.15) is 11.5 Å². The van der Waals surface area contributed by atoms with Crippen LogP contribution in [-0.2, 0) is 7.05 Å². The average Bonchev–Trinajstić information content (AvgIpc) is 2.93. The largest absolute Gasteiger partial charge is 0.347 e. The molecule has 0 radical (unpaired) electrons. The number of aryl methyl sites for hydroxylation is 1. The molecular weight excluding hydrogens is 267 g/mol. The van der Waals surface area contributed by atoms with Gasteiger partial charge in [0.25, 0.3) is 5.91 Å². The van der Waals surface area contributed by atoms with Gasteiger partial charge >= 0.3 is 0 Å². The molecule has 0 saturated carbocycles. The molecule has 0 N–H and O–H groups in total. The van der Waals surface area contributed by atoms with Crippen molar-refractivity contribution in [2.45, 2.75) is 25.3 Å². The summed E-state index contributed by atoms with van der Waals surface area (Å²) in [4.78, 5) is 14.7. The van der Waals surface area contributed by atoms with Gasteiger partial charge in [0, 0.05) is 19.8 Å². The number of rotatable bonds is 2. The van der Waals surface area contributed by atoms with Crippen molar-refractivity contribution in [1.82, 2.24) is 9.47 Å². The van der Waals surface area contributed by atoms with Crippen molar-refractivity contribution >= 4 is 5.91 Å². The van der Waals surface area contributed by atoms with Crippen LogP contribution in [0.5, 0.6) is 0 Å². The van der Waals surface area contributed by atoms with E-state index in [1.165, 1.54) is 12.1 Å². The number of aromatic nitrogens is 1. The minimum absolute atomic E-state index is 0.0433. The lowest BCUT2D eigenvalue weighted by Crippen LogP contribution is -2.39. The number of carbonyl (C=O) groups excluding carboxylic acids is 1. The molecule has 1 aliphatic rings. The van der Waals surface area contributed by atoms with E-state index >= 15 is 0 Å². The SMILES string of the molecule is Cn1cccc1C(=O)N1CCCCC1c1ccc(F)cc1. The van der Waals surface area contributed by atoms with Crippen LogP contribution in [0.4, 0.5) is 4.39 Å². The summed E-state index contributed by atoms with van der Waals surface area (Å²) >= 11 is 0.